The largest absolute Gasteiger partial charge is 0.586 e. The number of H-pyrrole nitrogens is 1. The maximum absolute atomic E-state index is 13.4. The van der Waals surface area contributed by atoms with E-state index >= 15 is 0 Å². The fourth-order valence-electron chi connectivity index (χ4n) is 3.62. The summed E-state index contributed by atoms with van der Waals surface area (Å²) in [5.74, 6) is 0.721. The number of fused-ring (bicyclic) bond motifs is 2. The van der Waals surface area contributed by atoms with Crippen molar-refractivity contribution in [1.29, 1.82) is 0 Å². The Balaban J connectivity index is 1.47. The molecule has 0 unspecified atom stereocenters. The summed E-state index contributed by atoms with van der Waals surface area (Å²) in [7, 11) is 0. The molecule has 2 aliphatic rings. The zero-order valence-electron chi connectivity index (χ0n) is 14.8. The number of aromatic nitrogens is 4. The first-order valence-electron chi connectivity index (χ1n) is 9.21. The maximum atomic E-state index is 13.4. The summed E-state index contributed by atoms with van der Waals surface area (Å²) in [6.45, 7) is 0. The predicted molar refractivity (Wildman–Crippen MR) is 98.1 cm³/mol. The number of para-hydroxylation sites is 1. The third-order valence-electron chi connectivity index (χ3n) is 4.90. The molecule has 0 saturated heterocycles. The molecule has 3 aromatic rings. The summed E-state index contributed by atoms with van der Waals surface area (Å²) in [4.78, 5) is 16.2. The van der Waals surface area contributed by atoms with E-state index in [1.165, 1.54) is 25.3 Å². The topological polar surface area (TPSA) is 97.0 Å². The van der Waals surface area contributed by atoms with E-state index in [0.29, 0.717) is 23.0 Å². The Morgan fingerprint density at radius 1 is 1.11 bits per heavy atom. The number of alkyl halides is 2. The molecule has 3 N–H and O–H groups in total. The van der Waals surface area contributed by atoms with Crippen molar-refractivity contribution in [3.63, 3.8) is 0 Å². The molecule has 5 rings (SSSR count). The summed E-state index contributed by atoms with van der Waals surface area (Å²) in [5, 5.41) is 6.41. The summed E-state index contributed by atoms with van der Waals surface area (Å²) in [6.07, 6.45) is 3.61. The fraction of sp³-hybridized carbons (Fsp3) is 0.389. The second kappa shape index (κ2) is 6.47. The van der Waals surface area contributed by atoms with E-state index in [0.717, 1.165) is 12.8 Å². The van der Waals surface area contributed by atoms with Crippen LogP contribution in [0.25, 0.3) is 11.2 Å². The van der Waals surface area contributed by atoms with Gasteiger partial charge >= 0.3 is 6.29 Å². The molecule has 2 aromatic heterocycles. The molecule has 3 heterocycles. The Morgan fingerprint density at radius 2 is 1.96 bits per heavy atom. The van der Waals surface area contributed by atoms with Gasteiger partial charge in [0.1, 0.15) is 5.52 Å². The maximum Gasteiger partial charge on any atom is 0.586 e. The summed E-state index contributed by atoms with van der Waals surface area (Å²) < 4.78 is 35.9. The van der Waals surface area contributed by atoms with Crippen LogP contribution in [0, 0.1) is 0 Å². The minimum absolute atomic E-state index is 0.0434. The SMILES string of the molecule is FC1(F)Oc2cccc(Nc3nc(NC4CCCCC4)c4nc[nH]c4n3)c2O1. The summed E-state index contributed by atoms with van der Waals surface area (Å²) in [5.41, 5.74) is 1.48. The number of hydrogen-bond donors (Lipinski definition) is 3. The zero-order valence-corrected chi connectivity index (χ0v) is 14.8. The van der Waals surface area contributed by atoms with Crippen LogP contribution in [0.5, 0.6) is 11.5 Å². The van der Waals surface area contributed by atoms with E-state index in [1.807, 2.05) is 0 Å². The second-order valence-corrected chi connectivity index (χ2v) is 6.90. The first-order chi connectivity index (χ1) is 13.6. The van der Waals surface area contributed by atoms with Crippen molar-refractivity contribution in [1.82, 2.24) is 19.9 Å². The lowest BCUT2D eigenvalue weighted by atomic mass is 9.95. The molecule has 0 spiro atoms. The number of hydrogen-bond acceptors (Lipinski definition) is 7. The van der Waals surface area contributed by atoms with Crippen LogP contribution in [-0.2, 0) is 0 Å². The van der Waals surface area contributed by atoms with Gasteiger partial charge in [0.05, 0.1) is 12.0 Å². The van der Waals surface area contributed by atoms with E-state index < -0.39 is 6.29 Å². The van der Waals surface area contributed by atoms with Crippen LogP contribution < -0.4 is 20.1 Å². The molecule has 1 aliphatic carbocycles. The number of anilines is 3. The minimum Gasteiger partial charge on any atom is -0.395 e. The molecule has 146 valence electrons. The molecule has 0 bridgehead atoms. The Hall–Kier alpha value is -3.17. The standard InChI is InChI=1S/C18H18F2N6O2/c19-18(20)27-12-8-4-7-11(14(12)28-18)24-17-25-15-13(21-9-22-15)16(26-17)23-10-5-2-1-3-6-10/h4,7-10H,1-3,5-6H2,(H3,21,22,23,24,25,26). The van der Waals surface area contributed by atoms with Gasteiger partial charge < -0.3 is 25.1 Å². The molecule has 0 radical (unpaired) electrons. The van der Waals surface area contributed by atoms with Gasteiger partial charge in [0.25, 0.3) is 0 Å². The monoisotopic (exact) mass is 388 g/mol. The van der Waals surface area contributed by atoms with Crippen molar-refractivity contribution < 1.29 is 18.3 Å². The number of ether oxygens (including phenoxy) is 2. The smallest absolute Gasteiger partial charge is 0.395 e. The van der Waals surface area contributed by atoms with Gasteiger partial charge in [0.2, 0.25) is 5.95 Å². The average molecular weight is 388 g/mol. The van der Waals surface area contributed by atoms with Crippen LogP contribution in [0.2, 0.25) is 0 Å². The van der Waals surface area contributed by atoms with Crippen molar-refractivity contribution in [2.24, 2.45) is 0 Å². The van der Waals surface area contributed by atoms with E-state index in [4.69, 9.17) is 0 Å². The molecule has 1 fully saturated rings. The zero-order chi connectivity index (χ0) is 19.1. The third kappa shape index (κ3) is 3.14. The quantitative estimate of drug-likeness (QED) is 0.617. The number of rotatable bonds is 4. The van der Waals surface area contributed by atoms with Gasteiger partial charge in [-0.1, -0.05) is 25.3 Å². The second-order valence-electron chi connectivity index (χ2n) is 6.90. The molecule has 1 saturated carbocycles. The van der Waals surface area contributed by atoms with E-state index in [9.17, 15) is 8.78 Å². The highest BCUT2D eigenvalue weighted by molar-refractivity contribution is 5.84. The van der Waals surface area contributed by atoms with Gasteiger partial charge in [0.15, 0.2) is 23.0 Å². The molecule has 0 atom stereocenters. The van der Waals surface area contributed by atoms with Crippen LogP contribution in [0.3, 0.4) is 0 Å². The fourth-order valence-corrected chi connectivity index (χ4v) is 3.62. The van der Waals surface area contributed by atoms with Crippen molar-refractivity contribution in [2.45, 2.75) is 44.4 Å². The average Bonchev–Trinajstić information content (AvgIpc) is 3.26. The summed E-state index contributed by atoms with van der Waals surface area (Å²) in [6, 6.07) is 4.92. The van der Waals surface area contributed by atoms with Crippen LogP contribution in [-0.4, -0.2) is 32.3 Å². The van der Waals surface area contributed by atoms with Crippen LogP contribution in [0.4, 0.5) is 26.2 Å². The van der Waals surface area contributed by atoms with Gasteiger partial charge in [0, 0.05) is 6.04 Å². The van der Waals surface area contributed by atoms with Crippen molar-refractivity contribution in [2.75, 3.05) is 10.6 Å². The van der Waals surface area contributed by atoms with E-state index in [2.05, 4.69) is 40.0 Å². The highest BCUT2D eigenvalue weighted by Crippen LogP contribution is 2.46. The van der Waals surface area contributed by atoms with E-state index in [-0.39, 0.29) is 23.1 Å². The Bertz CT molecular complexity index is 1020. The van der Waals surface area contributed by atoms with Crippen LogP contribution >= 0.6 is 0 Å². The number of imidazole rings is 1. The molecule has 1 aromatic carbocycles. The van der Waals surface area contributed by atoms with Gasteiger partial charge in [-0.3, -0.25) is 0 Å². The molecular weight excluding hydrogens is 370 g/mol. The Kier molecular flexibility index (Phi) is 3.92. The molecular formula is C18H18F2N6O2. The normalized spacial score (nSPS) is 18.4. The first kappa shape index (κ1) is 17.0. The van der Waals surface area contributed by atoms with Gasteiger partial charge in [-0.15, -0.1) is 8.78 Å². The van der Waals surface area contributed by atoms with Crippen molar-refractivity contribution in [3.05, 3.63) is 24.5 Å². The Morgan fingerprint density at radius 3 is 2.82 bits per heavy atom. The van der Waals surface area contributed by atoms with Crippen LogP contribution in [0.1, 0.15) is 32.1 Å². The third-order valence-corrected chi connectivity index (χ3v) is 4.90. The lowest BCUT2D eigenvalue weighted by Gasteiger charge is -2.23. The van der Waals surface area contributed by atoms with Gasteiger partial charge in [-0.05, 0) is 25.0 Å². The highest BCUT2D eigenvalue weighted by Gasteiger charge is 2.44. The number of halogens is 2. The lowest BCUT2D eigenvalue weighted by Crippen LogP contribution is -2.26. The molecule has 1 aliphatic heterocycles. The molecule has 28 heavy (non-hydrogen) atoms. The first-order valence-corrected chi connectivity index (χ1v) is 9.21. The number of nitrogens with zero attached hydrogens (tertiary/aromatic N) is 3. The molecule has 8 nitrogen and oxygen atoms in total. The number of nitrogens with one attached hydrogen (secondary N) is 3. The summed E-state index contributed by atoms with van der Waals surface area (Å²) >= 11 is 0. The van der Waals surface area contributed by atoms with Crippen LogP contribution in [0.15, 0.2) is 24.5 Å². The number of benzene rings is 1. The van der Waals surface area contributed by atoms with E-state index in [1.54, 1.807) is 18.5 Å². The Labute approximate surface area is 158 Å². The van der Waals surface area contributed by atoms with Gasteiger partial charge in [-0.2, -0.15) is 9.97 Å². The number of aromatic amines is 1. The van der Waals surface area contributed by atoms with Crippen molar-refractivity contribution in [3.8, 4) is 11.5 Å². The minimum atomic E-state index is -3.69. The highest BCUT2D eigenvalue weighted by atomic mass is 19.3. The van der Waals surface area contributed by atoms with Gasteiger partial charge in [-0.25, -0.2) is 4.98 Å². The van der Waals surface area contributed by atoms with Crippen molar-refractivity contribution >= 4 is 28.6 Å². The molecule has 0 amide bonds. The lowest BCUT2D eigenvalue weighted by molar-refractivity contribution is -0.286. The molecule has 10 heteroatoms. The predicted octanol–water partition coefficient (Wildman–Crippen LogP) is 4.16.